The molecule has 112 valence electrons. The molecule has 0 radical (unpaired) electrons. The van der Waals surface area contributed by atoms with Crippen LogP contribution in [0.4, 0.5) is 0 Å². The van der Waals surface area contributed by atoms with Crippen molar-refractivity contribution in [1.82, 2.24) is 10.2 Å². The van der Waals surface area contributed by atoms with Crippen LogP contribution in [0.1, 0.15) is 45.4 Å². The van der Waals surface area contributed by atoms with Gasteiger partial charge in [0.1, 0.15) is 0 Å². The van der Waals surface area contributed by atoms with Crippen molar-refractivity contribution in [2.24, 2.45) is 11.1 Å². The van der Waals surface area contributed by atoms with Crippen molar-refractivity contribution in [1.29, 1.82) is 0 Å². The minimum Gasteiger partial charge on any atom is -0.392 e. The van der Waals surface area contributed by atoms with Crippen molar-refractivity contribution in [2.45, 2.75) is 51.5 Å². The first-order valence-electron chi connectivity index (χ1n) is 7.32. The summed E-state index contributed by atoms with van der Waals surface area (Å²) in [6, 6.07) is 0.0587. The summed E-state index contributed by atoms with van der Waals surface area (Å²) in [7, 11) is 0. The zero-order chi connectivity index (χ0) is 14.8. The maximum absolute atomic E-state index is 12.8. The fraction of sp³-hybridized carbons (Fsp3) is 0.786. The maximum atomic E-state index is 12.8. The summed E-state index contributed by atoms with van der Waals surface area (Å²) in [6.07, 6.45) is 5.49. The molecule has 2 fully saturated rings. The topological polar surface area (TPSA) is 75.4 Å². The van der Waals surface area contributed by atoms with E-state index in [0.29, 0.717) is 18.1 Å². The van der Waals surface area contributed by atoms with Crippen molar-refractivity contribution < 1.29 is 9.59 Å². The third-order valence-electron chi connectivity index (χ3n) is 4.47. The molecule has 1 saturated heterocycles. The highest BCUT2D eigenvalue weighted by atomic mass is 32.1. The van der Waals surface area contributed by atoms with E-state index < -0.39 is 5.41 Å². The van der Waals surface area contributed by atoms with E-state index in [-0.39, 0.29) is 17.9 Å². The number of nitrogens with one attached hydrogen (secondary N) is 1. The van der Waals surface area contributed by atoms with Gasteiger partial charge in [0.15, 0.2) is 0 Å². The first-order valence-corrected chi connectivity index (χ1v) is 7.73. The van der Waals surface area contributed by atoms with Crippen molar-refractivity contribution in [3.05, 3.63) is 0 Å². The molecule has 2 amide bonds. The average Bonchev–Trinajstić information content (AvgIpc) is 2.86. The molecular formula is C14H23N3O2S. The van der Waals surface area contributed by atoms with Crippen LogP contribution < -0.4 is 11.1 Å². The Morgan fingerprint density at radius 2 is 1.95 bits per heavy atom. The molecule has 3 N–H and O–H groups in total. The van der Waals surface area contributed by atoms with E-state index in [9.17, 15) is 9.59 Å². The van der Waals surface area contributed by atoms with E-state index in [1.54, 1.807) is 0 Å². The average molecular weight is 297 g/mol. The quantitative estimate of drug-likeness (QED) is 0.761. The van der Waals surface area contributed by atoms with Crippen LogP contribution in [0.25, 0.3) is 0 Å². The molecule has 1 saturated carbocycles. The molecule has 1 heterocycles. The Balaban J connectivity index is 2.06. The molecule has 5 nitrogen and oxygen atoms in total. The van der Waals surface area contributed by atoms with Gasteiger partial charge in [0.05, 0.1) is 10.4 Å². The lowest BCUT2D eigenvalue weighted by atomic mass is 9.73. The van der Waals surface area contributed by atoms with Crippen LogP contribution in [0.15, 0.2) is 0 Å². The Kier molecular flexibility index (Phi) is 4.62. The molecule has 1 unspecified atom stereocenters. The summed E-state index contributed by atoms with van der Waals surface area (Å²) < 4.78 is 0. The number of likely N-dealkylation sites (tertiary alicyclic amines) is 1. The summed E-state index contributed by atoms with van der Waals surface area (Å²) in [6.45, 7) is 2.75. The number of thiocarbonyl (C=S) groups is 1. The van der Waals surface area contributed by atoms with Gasteiger partial charge in [-0.1, -0.05) is 31.5 Å². The van der Waals surface area contributed by atoms with E-state index >= 15 is 0 Å². The fourth-order valence-electron chi connectivity index (χ4n) is 3.37. The molecule has 0 spiro atoms. The predicted molar refractivity (Wildman–Crippen MR) is 81.1 cm³/mol. The van der Waals surface area contributed by atoms with Crippen molar-refractivity contribution >= 4 is 29.0 Å². The van der Waals surface area contributed by atoms with Crippen LogP contribution >= 0.6 is 12.2 Å². The molecule has 1 atom stereocenters. The smallest absolute Gasteiger partial charge is 0.235 e. The van der Waals surface area contributed by atoms with Gasteiger partial charge in [0, 0.05) is 26.1 Å². The van der Waals surface area contributed by atoms with Gasteiger partial charge in [0.2, 0.25) is 11.8 Å². The first-order chi connectivity index (χ1) is 9.45. The molecular weight excluding hydrogens is 274 g/mol. The number of hydrogen-bond acceptors (Lipinski definition) is 3. The normalized spacial score (nSPS) is 25.2. The predicted octanol–water partition coefficient (Wildman–Crippen LogP) is 0.960. The van der Waals surface area contributed by atoms with Crippen molar-refractivity contribution in [3.8, 4) is 0 Å². The molecule has 20 heavy (non-hydrogen) atoms. The highest BCUT2D eigenvalue weighted by Crippen LogP contribution is 2.39. The van der Waals surface area contributed by atoms with Gasteiger partial charge in [-0.25, -0.2) is 0 Å². The van der Waals surface area contributed by atoms with Crippen molar-refractivity contribution in [3.63, 3.8) is 0 Å². The van der Waals surface area contributed by atoms with Crippen LogP contribution in [0.2, 0.25) is 0 Å². The van der Waals surface area contributed by atoms with Crippen LogP contribution in [-0.4, -0.2) is 40.8 Å². The lowest BCUT2D eigenvalue weighted by Crippen LogP contribution is -2.51. The number of carbonyl (C=O) groups is 2. The second-order valence-electron chi connectivity index (χ2n) is 5.94. The number of nitrogens with two attached hydrogens (primary N) is 1. The van der Waals surface area contributed by atoms with Crippen LogP contribution in [0.3, 0.4) is 0 Å². The number of rotatable bonds is 3. The van der Waals surface area contributed by atoms with E-state index in [1.807, 2.05) is 4.90 Å². The summed E-state index contributed by atoms with van der Waals surface area (Å²) in [5.74, 6) is 0.0172. The third-order valence-corrected chi connectivity index (χ3v) is 4.86. The first kappa shape index (κ1) is 15.2. The molecule has 0 bridgehead atoms. The molecule has 6 heteroatoms. The third kappa shape index (κ3) is 2.95. The van der Waals surface area contributed by atoms with Gasteiger partial charge in [0.25, 0.3) is 0 Å². The van der Waals surface area contributed by atoms with E-state index in [0.717, 1.165) is 38.5 Å². The zero-order valence-corrected chi connectivity index (χ0v) is 12.8. The molecule has 1 aliphatic carbocycles. The second-order valence-corrected chi connectivity index (χ2v) is 6.38. The summed E-state index contributed by atoms with van der Waals surface area (Å²) >= 11 is 5.20. The molecule has 1 aliphatic heterocycles. The number of nitrogens with zero attached hydrogens (tertiary/aromatic N) is 1. The minimum absolute atomic E-state index is 0.0500. The monoisotopic (exact) mass is 297 g/mol. The summed E-state index contributed by atoms with van der Waals surface area (Å²) in [5.41, 5.74) is 5.26. The molecule has 0 aromatic carbocycles. The molecule has 2 rings (SSSR count). The van der Waals surface area contributed by atoms with Gasteiger partial charge >= 0.3 is 0 Å². The van der Waals surface area contributed by atoms with Crippen LogP contribution in [0.5, 0.6) is 0 Å². The fourth-order valence-corrected chi connectivity index (χ4v) is 3.67. The van der Waals surface area contributed by atoms with Gasteiger partial charge in [-0.2, -0.15) is 0 Å². The zero-order valence-electron chi connectivity index (χ0n) is 12.0. The van der Waals surface area contributed by atoms with Crippen LogP contribution in [0, 0.1) is 5.41 Å². The Morgan fingerprint density at radius 3 is 2.50 bits per heavy atom. The highest BCUT2D eigenvalue weighted by molar-refractivity contribution is 7.80. The standard InChI is InChI=1S/C14H23N3O2S/c1-10(18)16-11-5-8-17(9-11)13(19)14(12(15)20)6-3-2-4-7-14/h11H,2-9H2,1H3,(H2,15,20)(H,16,18). The van der Waals surface area contributed by atoms with Gasteiger partial charge < -0.3 is 16.0 Å². The van der Waals surface area contributed by atoms with Gasteiger partial charge in [-0.15, -0.1) is 0 Å². The molecule has 0 aromatic rings. The SMILES string of the molecule is CC(=O)NC1CCN(C(=O)C2(C(N)=S)CCCCC2)C1. The van der Waals surface area contributed by atoms with Gasteiger partial charge in [-0.3, -0.25) is 9.59 Å². The Bertz CT molecular complexity index is 419. The second kappa shape index (κ2) is 6.08. The molecule has 0 aromatic heterocycles. The van der Waals surface area contributed by atoms with Crippen LogP contribution in [-0.2, 0) is 9.59 Å². The largest absolute Gasteiger partial charge is 0.392 e. The lowest BCUT2D eigenvalue weighted by Gasteiger charge is -2.37. The number of hydrogen-bond donors (Lipinski definition) is 2. The maximum Gasteiger partial charge on any atom is 0.235 e. The Morgan fingerprint density at radius 1 is 1.30 bits per heavy atom. The van der Waals surface area contributed by atoms with Crippen molar-refractivity contribution in [2.75, 3.05) is 13.1 Å². The number of amides is 2. The number of carbonyl (C=O) groups excluding carboxylic acids is 2. The minimum atomic E-state index is -0.640. The summed E-state index contributed by atoms with van der Waals surface area (Å²) in [4.78, 5) is 26.1. The Labute approximate surface area is 125 Å². The lowest BCUT2D eigenvalue weighted by molar-refractivity contribution is -0.138. The molecule has 2 aliphatic rings. The Hall–Kier alpha value is -1.17. The van der Waals surface area contributed by atoms with E-state index in [2.05, 4.69) is 5.32 Å². The van der Waals surface area contributed by atoms with E-state index in [4.69, 9.17) is 18.0 Å². The summed E-state index contributed by atoms with van der Waals surface area (Å²) in [5, 5.41) is 2.87. The van der Waals surface area contributed by atoms with E-state index in [1.165, 1.54) is 6.92 Å². The highest BCUT2D eigenvalue weighted by Gasteiger charge is 2.46. The van der Waals surface area contributed by atoms with Gasteiger partial charge in [-0.05, 0) is 19.3 Å².